The highest BCUT2D eigenvalue weighted by atomic mass is 16.1. The molecule has 3 aromatic carbocycles. The van der Waals surface area contributed by atoms with Crippen molar-refractivity contribution in [3.63, 3.8) is 0 Å². The molecule has 128 valence electrons. The van der Waals surface area contributed by atoms with Crippen molar-refractivity contribution in [1.82, 2.24) is 15.3 Å². The third-order valence-electron chi connectivity index (χ3n) is 4.38. The summed E-state index contributed by atoms with van der Waals surface area (Å²) in [5.74, 6) is 0.768. The van der Waals surface area contributed by atoms with Crippen LogP contribution in [0.3, 0.4) is 0 Å². The SMILES string of the molecule is O=C(NC(Cc1nc2ccccc2[nH]1)c1ccccc1)c1ccccc1. The van der Waals surface area contributed by atoms with Gasteiger partial charge in [0, 0.05) is 12.0 Å². The van der Waals surface area contributed by atoms with Gasteiger partial charge in [-0.05, 0) is 29.8 Å². The van der Waals surface area contributed by atoms with E-state index in [2.05, 4.69) is 15.3 Å². The van der Waals surface area contributed by atoms with E-state index in [1.165, 1.54) is 0 Å². The number of H-pyrrole nitrogens is 1. The van der Waals surface area contributed by atoms with E-state index in [1.807, 2.05) is 84.9 Å². The van der Waals surface area contributed by atoms with Gasteiger partial charge in [0.2, 0.25) is 0 Å². The largest absolute Gasteiger partial charge is 0.345 e. The maximum absolute atomic E-state index is 12.6. The predicted molar refractivity (Wildman–Crippen MR) is 103 cm³/mol. The summed E-state index contributed by atoms with van der Waals surface area (Å²) in [7, 11) is 0. The molecule has 0 saturated heterocycles. The molecule has 0 fully saturated rings. The maximum Gasteiger partial charge on any atom is 0.251 e. The number of nitrogens with one attached hydrogen (secondary N) is 2. The molecule has 0 spiro atoms. The number of rotatable bonds is 5. The van der Waals surface area contributed by atoms with Gasteiger partial charge in [-0.2, -0.15) is 0 Å². The van der Waals surface area contributed by atoms with Gasteiger partial charge in [0.1, 0.15) is 5.82 Å². The monoisotopic (exact) mass is 341 g/mol. The Kier molecular flexibility index (Phi) is 4.48. The van der Waals surface area contributed by atoms with Crippen molar-refractivity contribution in [3.8, 4) is 0 Å². The van der Waals surface area contributed by atoms with Crippen molar-refractivity contribution in [2.24, 2.45) is 0 Å². The molecule has 0 bridgehead atoms. The lowest BCUT2D eigenvalue weighted by Crippen LogP contribution is -2.30. The zero-order chi connectivity index (χ0) is 17.8. The topological polar surface area (TPSA) is 57.8 Å². The minimum atomic E-state index is -0.163. The van der Waals surface area contributed by atoms with E-state index >= 15 is 0 Å². The summed E-state index contributed by atoms with van der Waals surface area (Å²) >= 11 is 0. The summed E-state index contributed by atoms with van der Waals surface area (Å²) < 4.78 is 0. The zero-order valence-corrected chi connectivity index (χ0v) is 14.2. The van der Waals surface area contributed by atoms with Gasteiger partial charge in [-0.1, -0.05) is 60.7 Å². The maximum atomic E-state index is 12.6. The first-order chi connectivity index (χ1) is 12.8. The lowest BCUT2D eigenvalue weighted by atomic mass is 10.0. The van der Waals surface area contributed by atoms with Crippen molar-refractivity contribution < 1.29 is 4.79 Å². The molecule has 4 heteroatoms. The first-order valence-corrected chi connectivity index (χ1v) is 8.64. The number of hydrogen-bond donors (Lipinski definition) is 2. The number of nitrogens with zero attached hydrogens (tertiary/aromatic N) is 1. The Bertz CT molecular complexity index is 976. The second-order valence-electron chi connectivity index (χ2n) is 6.21. The Morgan fingerprint density at radius 3 is 2.27 bits per heavy atom. The molecule has 0 saturated carbocycles. The smallest absolute Gasteiger partial charge is 0.251 e. The van der Waals surface area contributed by atoms with Crippen LogP contribution >= 0.6 is 0 Å². The number of amides is 1. The van der Waals surface area contributed by atoms with Crippen LogP contribution in [0.5, 0.6) is 0 Å². The Balaban J connectivity index is 1.61. The van der Waals surface area contributed by atoms with Gasteiger partial charge in [-0.3, -0.25) is 4.79 Å². The van der Waals surface area contributed by atoms with E-state index in [0.717, 1.165) is 22.4 Å². The molecule has 4 aromatic rings. The molecule has 1 unspecified atom stereocenters. The zero-order valence-electron chi connectivity index (χ0n) is 14.2. The summed E-state index contributed by atoms with van der Waals surface area (Å²) in [5, 5.41) is 3.14. The minimum absolute atomic E-state index is 0.0874. The number of para-hydroxylation sites is 2. The lowest BCUT2D eigenvalue weighted by Gasteiger charge is -2.18. The highest BCUT2D eigenvalue weighted by Gasteiger charge is 2.18. The summed E-state index contributed by atoms with van der Waals surface area (Å²) in [6.45, 7) is 0. The standard InChI is InChI=1S/C22H19N3O/c26-22(17-11-5-2-6-12-17)25-20(16-9-3-1-4-10-16)15-21-23-18-13-7-8-14-19(18)24-21/h1-14,20H,15H2,(H,23,24)(H,25,26). The fourth-order valence-electron chi connectivity index (χ4n) is 3.06. The van der Waals surface area contributed by atoms with Crippen molar-refractivity contribution in [2.75, 3.05) is 0 Å². The molecule has 2 N–H and O–H groups in total. The van der Waals surface area contributed by atoms with Gasteiger partial charge in [0.15, 0.2) is 0 Å². The number of imidazole rings is 1. The van der Waals surface area contributed by atoms with E-state index < -0.39 is 0 Å². The van der Waals surface area contributed by atoms with Crippen LogP contribution in [-0.2, 0) is 6.42 Å². The van der Waals surface area contributed by atoms with Crippen LogP contribution in [0.25, 0.3) is 11.0 Å². The van der Waals surface area contributed by atoms with E-state index in [4.69, 9.17) is 0 Å². The summed E-state index contributed by atoms with van der Waals surface area (Å²) in [6, 6.07) is 27.0. The summed E-state index contributed by atoms with van der Waals surface area (Å²) in [5.41, 5.74) is 3.64. The van der Waals surface area contributed by atoms with E-state index in [0.29, 0.717) is 12.0 Å². The van der Waals surface area contributed by atoms with Gasteiger partial charge < -0.3 is 10.3 Å². The van der Waals surface area contributed by atoms with Crippen LogP contribution < -0.4 is 5.32 Å². The van der Waals surface area contributed by atoms with Gasteiger partial charge in [0.05, 0.1) is 17.1 Å². The van der Waals surface area contributed by atoms with Gasteiger partial charge in [-0.15, -0.1) is 0 Å². The normalized spacial score (nSPS) is 12.0. The molecule has 0 aliphatic heterocycles. The molecule has 0 aliphatic rings. The molecular formula is C22H19N3O. The number of hydrogen-bond acceptors (Lipinski definition) is 2. The van der Waals surface area contributed by atoms with Crippen molar-refractivity contribution in [3.05, 3.63) is 102 Å². The van der Waals surface area contributed by atoms with Gasteiger partial charge in [0.25, 0.3) is 5.91 Å². The van der Waals surface area contributed by atoms with E-state index in [1.54, 1.807) is 0 Å². The van der Waals surface area contributed by atoms with E-state index in [-0.39, 0.29) is 11.9 Å². The first kappa shape index (κ1) is 16.1. The fraction of sp³-hybridized carbons (Fsp3) is 0.0909. The second-order valence-corrected chi connectivity index (χ2v) is 6.21. The Morgan fingerprint density at radius 1 is 0.885 bits per heavy atom. The number of benzene rings is 3. The number of aromatic nitrogens is 2. The molecule has 1 aromatic heterocycles. The molecule has 0 aliphatic carbocycles. The highest BCUT2D eigenvalue weighted by molar-refractivity contribution is 5.94. The van der Waals surface area contributed by atoms with Crippen molar-refractivity contribution in [2.45, 2.75) is 12.5 Å². The molecule has 26 heavy (non-hydrogen) atoms. The molecule has 4 nitrogen and oxygen atoms in total. The third kappa shape index (κ3) is 3.49. The van der Waals surface area contributed by atoms with Crippen LogP contribution in [0.2, 0.25) is 0 Å². The minimum Gasteiger partial charge on any atom is -0.345 e. The van der Waals surface area contributed by atoms with E-state index in [9.17, 15) is 4.79 Å². The molecular weight excluding hydrogens is 322 g/mol. The van der Waals surface area contributed by atoms with Gasteiger partial charge >= 0.3 is 0 Å². The van der Waals surface area contributed by atoms with Crippen molar-refractivity contribution >= 4 is 16.9 Å². The Morgan fingerprint density at radius 2 is 1.54 bits per heavy atom. The number of carbonyl (C=O) groups is 1. The molecule has 4 rings (SSSR count). The Labute approximate surface area is 151 Å². The molecule has 1 heterocycles. The summed E-state index contributed by atoms with van der Waals surface area (Å²) in [4.78, 5) is 20.6. The van der Waals surface area contributed by atoms with Crippen molar-refractivity contribution in [1.29, 1.82) is 0 Å². The number of aromatic amines is 1. The highest BCUT2D eigenvalue weighted by Crippen LogP contribution is 2.20. The fourth-order valence-corrected chi connectivity index (χ4v) is 3.06. The van der Waals surface area contributed by atoms with Crippen LogP contribution in [-0.4, -0.2) is 15.9 Å². The Hall–Kier alpha value is -3.40. The van der Waals surface area contributed by atoms with Gasteiger partial charge in [-0.25, -0.2) is 4.98 Å². The average molecular weight is 341 g/mol. The van der Waals surface area contributed by atoms with Crippen LogP contribution in [0.4, 0.5) is 0 Å². The molecule has 0 radical (unpaired) electrons. The lowest BCUT2D eigenvalue weighted by molar-refractivity contribution is 0.0936. The average Bonchev–Trinajstić information content (AvgIpc) is 3.11. The van der Waals surface area contributed by atoms with Crippen LogP contribution in [0, 0.1) is 0 Å². The van der Waals surface area contributed by atoms with Crippen LogP contribution in [0.15, 0.2) is 84.9 Å². The molecule has 1 amide bonds. The molecule has 1 atom stereocenters. The van der Waals surface area contributed by atoms with Crippen LogP contribution in [0.1, 0.15) is 27.8 Å². The number of carbonyl (C=O) groups excluding carboxylic acids is 1. The number of fused-ring (bicyclic) bond motifs is 1. The third-order valence-corrected chi connectivity index (χ3v) is 4.38. The first-order valence-electron chi connectivity index (χ1n) is 8.64. The summed E-state index contributed by atoms with van der Waals surface area (Å²) in [6.07, 6.45) is 0.595. The quantitative estimate of drug-likeness (QED) is 0.569. The second kappa shape index (κ2) is 7.23. The predicted octanol–water partition coefficient (Wildman–Crippen LogP) is 4.28.